The lowest BCUT2D eigenvalue weighted by atomic mass is 10.2. The summed E-state index contributed by atoms with van der Waals surface area (Å²) in [5.41, 5.74) is 2.19. The Morgan fingerprint density at radius 1 is 1.41 bits per heavy atom. The molecule has 1 heterocycles. The highest BCUT2D eigenvalue weighted by Crippen LogP contribution is 2.18. The van der Waals surface area contributed by atoms with Gasteiger partial charge in [0, 0.05) is 26.2 Å². The molecule has 0 saturated carbocycles. The molecule has 2 rings (SSSR count). The van der Waals surface area contributed by atoms with Gasteiger partial charge in [-0.15, -0.1) is 0 Å². The lowest BCUT2D eigenvalue weighted by molar-refractivity contribution is 0.879. The molecule has 1 N–H and O–H groups in total. The fourth-order valence-corrected chi connectivity index (χ4v) is 2.00. The summed E-state index contributed by atoms with van der Waals surface area (Å²) in [5.74, 6) is 0.950. The molecule has 17 heavy (non-hydrogen) atoms. The van der Waals surface area contributed by atoms with Crippen LogP contribution in [-0.2, 0) is 6.42 Å². The molecule has 0 aliphatic heterocycles. The minimum atomic E-state index is 0.637. The molecular formula is C12H16N4S. The Morgan fingerprint density at radius 3 is 2.82 bits per heavy atom. The monoisotopic (exact) mass is 248 g/mol. The number of H-pyrrole nitrogens is 1. The summed E-state index contributed by atoms with van der Waals surface area (Å²) in [7, 11) is 4.04. The molecule has 1 aromatic heterocycles. The zero-order chi connectivity index (χ0) is 12.4. The van der Waals surface area contributed by atoms with Gasteiger partial charge in [0.05, 0.1) is 5.69 Å². The zero-order valence-electron chi connectivity index (χ0n) is 10.3. The summed E-state index contributed by atoms with van der Waals surface area (Å²) in [5, 5.41) is 7.05. The van der Waals surface area contributed by atoms with E-state index in [0.29, 0.717) is 4.77 Å². The Morgan fingerprint density at radius 2 is 2.18 bits per heavy atom. The third kappa shape index (κ3) is 2.24. The summed E-state index contributed by atoms with van der Waals surface area (Å²) >= 11 is 5.26. The quantitative estimate of drug-likeness (QED) is 0.848. The number of hydrogen-bond acceptors (Lipinski definition) is 3. The predicted molar refractivity (Wildman–Crippen MR) is 72.5 cm³/mol. The van der Waals surface area contributed by atoms with E-state index in [0.717, 1.165) is 23.6 Å². The Hall–Kier alpha value is -1.62. The van der Waals surface area contributed by atoms with Crippen molar-refractivity contribution in [3.05, 3.63) is 34.9 Å². The second-order valence-corrected chi connectivity index (χ2v) is 4.43. The lowest BCUT2D eigenvalue weighted by Gasteiger charge is -2.14. The van der Waals surface area contributed by atoms with Crippen LogP contribution in [0.25, 0.3) is 5.69 Å². The van der Waals surface area contributed by atoms with Crippen LogP contribution in [-0.4, -0.2) is 28.9 Å². The molecule has 0 saturated heterocycles. The molecule has 0 bridgehead atoms. The predicted octanol–water partition coefficient (Wildman–Crippen LogP) is 2.56. The lowest BCUT2D eigenvalue weighted by Crippen LogP contribution is -2.09. The van der Waals surface area contributed by atoms with Gasteiger partial charge in [-0.05, 0) is 30.4 Å². The molecule has 90 valence electrons. The van der Waals surface area contributed by atoms with Gasteiger partial charge in [-0.2, -0.15) is 5.10 Å². The van der Waals surface area contributed by atoms with Gasteiger partial charge in [-0.3, -0.25) is 9.67 Å². The molecule has 5 heteroatoms. The van der Waals surface area contributed by atoms with E-state index in [1.54, 1.807) is 0 Å². The number of nitrogens with zero attached hydrogens (tertiary/aromatic N) is 3. The average molecular weight is 248 g/mol. The van der Waals surface area contributed by atoms with Gasteiger partial charge in [-0.25, -0.2) is 0 Å². The van der Waals surface area contributed by atoms with E-state index in [1.807, 2.05) is 30.8 Å². The van der Waals surface area contributed by atoms with Gasteiger partial charge >= 0.3 is 0 Å². The van der Waals surface area contributed by atoms with Crippen molar-refractivity contribution in [2.24, 2.45) is 0 Å². The first kappa shape index (κ1) is 11.9. The van der Waals surface area contributed by atoms with E-state index in [-0.39, 0.29) is 0 Å². The van der Waals surface area contributed by atoms with Crippen LogP contribution >= 0.6 is 12.2 Å². The summed E-state index contributed by atoms with van der Waals surface area (Å²) in [6, 6.07) is 8.24. The first-order valence-electron chi connectivity index (χ1n) is 5.57. The second kappa shape index (κ2) is 4.71. The highest BCUT2D eigenvalue weighted by Gasteiger charge is 2.07. The molecule has 1 aromatic carbocycles. The molecule has 2 aromatic rings. The fraction of sp³-hybridized carbons (Fsp3) is 0.333. The highest BCUT2D eigenvalue weighted by atomic mass is 32.1. The Labute approximate surface area is 106 Å². The van der Waals surface area contributed by atoms with Crippen LogP contribution in [0.5, 0.6) is 0 Å². The maximum atomic E-state index is 5.26. The van der Waals surface area contributed by atoms with Crippen molar-refractivity contribution in [1.29, 1.82) is 0 Å². The van der Waals surface area contributed by atoms with Gasteiger partial charge < -0.3 is 4.90 Å². The van der Waals surface area contributed by atoms with Crippen molar-refractivity contribution >= 4 is 17.9 Å². The van der Waals surface area contributed by atoms with E-state index in [2.05, 4.69) is 34.2 Å². The van der Waals surface area contributed by atoms with E-state index in [9.17, 15) is 0 Å². The standard InChI is InChI=1S/C12H16N4S/c1-4-11-13-14-12(17)16(11)10-7-5-6-9(8-10)15(2)3/h5-8H,4H2,1-3H3,(H,14,17). The Bertz CT molecular complexity index is 568. The summed E-state index contributed by atoms with van der Waals surface area (Å²) in [4.78, 5) is 2.07. The van der Waals surface area contributed by atoms with Crippen molar-refractivity contribution in [3.8, 4) is 5.69 Å². The number of anilines is 1. The molecule has 0 radical (unpaired) electrons. The van der Waals surface area contributed by atoms with Crippen molar-refractivity contribution in [2.45, 2.75) is 13.3 Å². The van der Waals surface area contributed by atoms with Crippen LogP contribution in [0.1, 0.15) is 12.7 Å². The van der Waals surface area contributed by atoms with E-state index in [4.69, 9.17) is 12.2 Å². The Balaban J connectivity index is 2.56. The molecule has 0 aliphatic rings. The number of nitrogens with one attached hydrogen (secondary N) is 1. The van der Waals surface area contributed by atoms with Crippen LogP contribution in [0.3, 0.4) is 0 Å². The van der Waals surface area contributed by atoms with E-state index >= 15 is 0 Å². The van der Waals surface area contributed by atoms with Crippen molar-refractivity contribution < 1.29 is 0 Å². The first-order chi connectivity index (χ1) is 8.13. The molecule has 0 fully saturated rings. The van der Waals surface area contributed by atoms with Crippen molar-refractivity contribution in [1.82, 2.24) is 14.8 Å². The molecule has 0 spiro atoms. The molecule has 0 atom stereocenters. The highest BCUT2D eigenvalue weighted by molar-refractivity contribution is 7.71. The molecule has 0 unspecified atom stereocenters. The van der Waals surface area contributed by atoms with Crippen molar-refractivity contribution in [2.75, 3.05) is 19.0 Å². The minimum absolute atomic E-state index is 0.637. The molecule has 0 aliphatic carbocycles. The largest absolute Gasteiger partial charge is 0.378 e. The van der Waals surface area contributed by atoms with Crippen LogP contribution < -0.4 is 4.90 Å². The van der Waals surface area contributed by atoms with Crippen molar-refractivity contribution in [3.63, 3.8) is 0 Å². The normalized spacial score (nSPS) is 10.5. The van der Waals surface area contributed by atoms with Gasteiger partial charge in [0.15, 0.2) is 4.77 Å². The number of benzene rings is 1. The van der Waals surface area contributed by atoms with Crippen LogP contribution in [0.15, 0.2) is 24.3 Å². The van der Waals surface area contributed by atoms with Crippen LogP contribution in [0, 0.1) is 4.77 Å². The Kier molecular flexibility index (Phi) is 3.28. The second-order valence-electron chi connectivity index (χ2n) is 4.05. The number of aryl methyl sites for hydroxylation is 1. The topological polar surface area (TPSA) is 36.9 Å². The molecular weight excluding hydrogens is 232 g/mol. The van der Waals surface area contributed by atoms with Gasteiger partial charge in [0.1, 0.15) is 5.82 Å². The fourth-order valence-electron chi connectivity index (χ4n) is 1.74. The van der Waals surface area contributed by atoms with Gasteiger partial charge in [-0.1, -0.05) is 13.0 Å². The number of aromatic nitrogens is 3. The average Bonchev–Trinajstić information content (AvgIpc) is 2.70. The third-order valence-corrected chi connectivity index (χ3v) is 2.94. The zero-order valence-corrected chi connectivity index (χ0v) is 11.1. The number of rotatable bonds is 3. The van der Waals surface area contributed by atoms with E-state index < -0.39 is 0 Å². The van der Waals surface area contributed by atoms with Gasteiger partial charge in [0.2, 0.25) is 0 Å². The van der Waals surface area contributed by atoms with Gasteiger partial charge in [0.25, 0.3) is 0 Å². The number of aromatic amines is 1. The summed E-state index contributed by atoms with van der Waals surface area (Å²) < 4.78 is 2.61. The third-order valence-electron chi connectivity index (χ3n) is 2.66. The minimum Gasteiger partial charge on any atom is -0.378 e. The van der Waals surface area contributed by atoms with Crippen LogP contribution in [0.4, 0.5) is 5.69 Å². The summed E-state index contributed by atoms with van der Waals surface area (Å²) in [6.07, 6.45) is 0.847. The summed E-state index contributed by atoms with van der Waals surface area (Å²) in [6.45, 7) is 2.07. The SMILES string of the molecule is CCc1n[nH]c(=S)n1-c1cccc(N(C)C)c1. The first-order valence-corrected chi connectivity index (χ1v) is 5.98. The maximum Gasteiger partial charge on any atom is 0.199 e. The number of hydrogen-bond donors (Lipinski definition) is 1. The molecule has 0 amide bonds. The molecule has 4 nitrogen and oxygen atoms in total. The van der Waals surface area contributed by atoms with Crippen LogP contribution in [0.2, 0.25) is 0 Å². The smallest absolute Gasteiger partial charge is 0.199 e. The maximum absolute atomic E-state index is 5.26. The van der Waals surface area contributed by atoms with E-state index in [1.165, 1.54) is 0 Å².